The number of hydrogen-bond acceptors (Lipinski definition) is 1. The molecule has 0 aliphatic rings. The molecule has 0 bridgehead atoms. The molecule has 3 heteroatoms. The lowest BCUT2D eigenvalue weighted by Crippen LogP contribution is -2.15. The molecular formula is C15H15BrIN. The SMILES string of the molecule is NCC(Cc1ccc(I)cc1)c1ccc(Br)cc1. The van der Waals surface area contributed by atoms with Gasteiger partial charge in [0.15, 0.2) is 0 Å². The summed E-state index contributed by atoms with van der Waals surface area (Å²) in [7, 11) is 0. The second-order valence-corrected chi connectivity index (χ2v) is 6.48. The summed E-state index contributed by atoms with van der Waals surface area (Å²) >= 11 is 5.78. The molecule has 2 N–H and O–H groups in total. The van der Waals surface area contributed by atoms with Crippen molar-refractivity contribution in [3.63, 3.8) is 0 Å². The van der Waals surface area contributed by atoms with E-state index in [1.54, 1.807) is 0 Å². The van der Waals surface area contributed by atoms with Crippen LogP contribution >= 0.6 is 38.5 Å². The number of rotatable bonds is 4. The van der Waals surface area contributed by atoms with Crippen LogP contribution < -0.4 is 5.73 Å². The number of halogens is 2. The predicted molar refractivity (Wildman–Crippen MR) is 88.8 cm³/mol. The number of hydrogen-bond donors (Lipinski definition) is 1. The van der Waals surface area contributed by atoms with Gasteiger partial charge in [0, 0.05) is 14.0 Å². The highest BCUT2D eigenvalue weighted by atomic mass is 127. The number of benzene rings is 2. The molecule has 0 aliphatic heterocycles. The first kappa shape index (κ1) is 14.0. The Bertz CT molecular complexity index is 493. The van der Waals surface area contributed by atoms with Gasteiger partial charge >= 0.3 is 0 Å². The summed E-state index contributed by atoms with van der Waals surface area (Å²) in [4.78, 5) is 0. The monoisotopic (exact) mass is 415 g/mol. The van der Waals surface area contributed by atoms with Crippen molar-refractivity contribution in [2.24, 2.45) is 5.73 Å². The Morgan fingerprint density at radius 2 is 1.61 bits per heavy atom. The Kier molecular flexibility index (Phi) is 5.21. The number of nitrogens with two attached hydrogens (primary N) is 1. The van der Waals surface area contributed by atoms with Crippen LogP contribution in [0.1, 0.15) is 17.0 Å². The van der Waals surface area contributed by atoms with Crippen LogP contribution in [-0.4, -0.2) is 6.54 Å². The maximum absolute atomic E-state index is 5.91. The first-order chi connectivity index (χ1) is 8.69. The van der Waals surface area contributed by atoms with Gasteiger partial charge in [-0.25, -0.2) is 0 Å². The van der Waals surface area contributed by atoms with Crippen molar-refractivity contribution < 1.29 is 0 Å². The molecule has 0 saturated heterocycles. The fourth-order valence-corrected chi connectivity index (χ4v) is 2.60. The maximum atomic E-state index is 5.91. The average molecular weight is 416 g/mol. The van der Waals surface area contributed by atoms with Crippen LogP contribution in [0.2, 0.25) is 0 Å². The zero-order valence-electron chi connectivity index (χ0n) is 9.94. The molecule has 0 spiro atoms. The van der Waals surface area contributed by atoms with E-state index in [0.717, 1.165) is 10.9 Å². The van der Waals surface area contributed by atoms with Crippen LogP contribution in [0, 0.1) is 3.57 Å². The van der Waals surface area contributed by atoms with Gasteiger partial charge in [-0.2, -0.15) is 0 Å². The summed E-state index contributed by atoms with van der Waals surface area (Å²) < 4.78 is 2.38. The second-order valence-electron chi connectivity index (χ2n) is 4.31. The Morgan fingerprint density at radius 1 is 1.00 bits per heavy atom. The third kappa shape index (κ3) is 3.80. The summed E-state index contributed by atoms with van der Waals surface area (Å²) in [5, 5.41) is 0. The molecule has 1 atom stereocenters. The first-order valence-corrected chi connectivity index (χ1v) is 7.76. The molecule has 0 amide bonds. The molecule has 1 nitrogen and oxygen atoms in total. The third-order valence-corrected chi connectivity index (χ3v) is 4.27. The molecular weight excluding hydrogens is 401 g/mol. The highest BCUT2D eigenvalue weighted by Crippen LogP contribution is 2.22. The smallest absolute Gasteiger partial charge is 0.0175 e. The van der Waals surface area contributed by atoms with E-state index in [1.807, 2.05) is 0 Å². The topological polar surface area (TPSA) is 26.0 Å². The van der Waals surface area contributed by atoms with Gasteiger partial charge in [-0.05, 0) is 70.9 Å². The molecule has 2 rings (SSSR count). The van der Waals surface area contributed by atoms with Crippen molar-refractivity contribution in [3.8, 4) is 0 Å². The van der Waals surface area contributed by atoms with E-state index in [0.29, 0.717) is 12.5 Å². The summed E-state index contributed by atoms with van der Waals surface area (Å²) in [6, 6.07) is 17.1. The minimum Gasteiger partial charge on any atom is -0.330 e. The maximum Gasteiger partial charge on any atom is 0.0175 e. The van der Waals surface area contributed by atoms with E-state index >= 15 is 0 Å². The van der Waals surface area contributed by atoms with Crippen LogP contribution in [0.5, 0.6) is 0 Å². The van der Waals surface area contributed by atoms with Crippen LogP contribution in [-0.2, 0) is 6.42 Å². The van der Waals surface area contributed by atoms with Crippen LogP contribution in [0.15, 0.2) is 53.0 Å². The molecule has 0 fully saturated rings. The molecule has 0 aromatic heterocycles. The fraction of sp³-hybridized carbons (Fsp3) is 0.200. The standard InChI is InChI=1S/C15H15BrIN/c16-14-5-3-12(4-6-14)13(10-18)9-11-1-7-15(17)8-2-11/h1-8,13H,9-10,18H2. The van der Waals surface area contributed by atoms with Crippen molar-refractivity contribution in [1.82, 2.24) is 0 Å². The zero-order chi connectivity index (χ0) is 13.0. The highest BCUT2D eigenvalue weighted by molar-refractivity contribution is 14.1. The van der Waals surface area contributed by atoms with Crippen molar-refractivity contribution in [3.05, 3.63) is 67.7 Å². The van der Waals surface area contributed by atoms with E-state index in [-0.39, 0.29) is 0 Å². The quantitative estimate of drug-likeness (QED) is 0.738. The molecule has 0 aliphatic carbocycles. The first-order valence-electron chi connectivity index (χ1n) is 5.89. The lowest BCUT2D eigenvalue weighted by Gasteiger charge is -2.15. The van der Waals surface area contributed by atoms with Crippen molar-refractivity contribution in [2.75, 3.05) is 6.54 Å². The lowest BCUT2D eigenvalue weighted by atomic mass is 9.92. The predicted octanol–water partition coefficient (Wildman–Crippen LogP) is 4.34. The zero-order valence-corrected chi connectivity index (χ0v) is 13.7. The molecule has 1 unspecified atom stereocenters. The van der Waals surface area contributed by atoms with Crippen LogP contribution in [0.25, 0.3) is 0 Å². The Hall–Kier alpha value is -0.390. The van der Waals surface area contributed by atoms with E-state index < -0.39 is 0 Å². The molecule has 2 aromatic carbocycles. The minimum atomic E-state index is 0.387. The molecule has 2 aromatic rings. The van der Waals surface area contributed by atoms with E-state index in [1.165, 1.54) is 14.7 Å². The summed E-state index contributed by atoms with van der Waals surface area (Å²) in [5.41, 5.74) is 8.55. The van der Waals surface area contributed by atoms with Gasteiger partial charge < -0.3 is 5.73 Å². The van der Waals surface area contributed by atoms with Crippen molar-refractivity contribution in [1.29, 1.82) is 0 Å². The molecule has 18 heavy (non-hydrogen) atoms. The van der Waals surface area contributed by atoms with Crippen LogP contribution in [0.3, 0.4) is 0 Å². The van der Waals surface area contributed by atoms with E-state index in [2.05, 4.69) is 87.1 Å². The third-order valence-electron chi connectivity index (χ3n) is 3.02. The normalized spacial score (nSPS) is 12.4. The van der Waals surface area contributed by atoms with Crippen molar-refractivity contribution in [2.45, 2.75) is 12.3 Å². The summed E-state index contributed by atoms with van der Waals surface area (Å²) in [6.45, 7) is 0.674. The molecule has 0 radical (unpaired) electrons. The minimum absolute atomic E-state index is 0.387. The van der Waals surface area contributed by atoms with E-state index in [4.69, 9.17) is 5.73 Å². The molecule has 0 saturated carbocycles. The van der Waals surface area contributed by atoms with E-state index in [9.17, 15) is 0 Å². The Morgan fingerprint density at radius 3 is 2.17 bits per heavy atom. The van der Waals surface area contributed by atoms with Gasteiger partial charge in [0.2, 0.25) is 0 Å². The Labute approximate surface area is 130 Å². The highest BCUT2D eigenvalue weighted by Gasteiger charge is 2.10. The average Bonchev–Trinajstić information content (AvgIpc) is 2.39. The van der Waals surface area contributed by atoms with Gasteiger partial charge in [-0.15, -0.1) is 0 Å². The van der Waals surface area contributed by atoms with Gasteiger partial charge in [0.25, 0.3) is 0 Å². The van der Waals surface area contributed by atoms with Gasteiger partial charge in [-0.3, -0.25) is 0 Å². The molecule has 0 heterocycles. The lowest BCUT2D eigenvalue weighted by molar-refractivity contribution is 0.694. The molecule has 94 valence electrons. The van der Waals surface area contributed by atoms with Crippen LogP contribution in [0.4, 0.5) is 0 Å². The second kappa shape index (κ2) is 6.68. The van der Waals surface area contributed by atoms with Gasteiger partial charge in [0.1, 0.15) is 0 Å². The largest absolute Gasteiger partial charge is 0.330 e. The van der Waals surface area contributed by atoms with Crippen molar-refractivity contribution >= 4 is 38.5 Å². The van der Waals surface area contributed by atoms with Gasteiger partial charge in [0.05, 0.1) is 0 Å². The summed E-state index contributed by atoms with van der Waals surface area (Å²) in [6.07, 6.45) is 0.995. The fourth-order valence-electron chi connectivity index (χ4n) is 1.98. The van der Waals surface area contributed by atoms with Gasteiger partial charge in [-0.1, -0.05) is 40.2 Å². The summed E-state index contributed by atoms with van der Waals surface area (Å²) in [5.74, 6) is 0.387. The Balaban J connectivity index is 2.14.